The van der Waals surface area contributed by atoms with Crippen molar-refractivity contribution in [1.82, 2.24) is 0 Å². The molecule has 10 atom stereocenters. The Bertz CT molecular complexity index is 1060. The molecule has 38 heavy (non-hydrogen) atoms. The molecule has 5 aliphatic rings. The zero-order valence-electron chi connectivity index (χ0n) is 24.3. The standard InChI is InChI=1S/C32H48O6/c1-18(2)19-10-15-32(27(36)37)17-16-30(6)20(24(19)32)8-9-22-29(5)13-12-23(38-26(35)25(33)34)28(3,4)21(29)11-14-31(22,30)7/h19-24H,1,8-17H2,2-7H3,(H,33,34)(H,36,37)/t19-,20+,21?,22+,23-,24+,29-,30+,31+,32-/m0/s1. The summed E-state index contributed by atoms with van der Waals surface area (Å²) in [6.07, 6.45) is 8.98. The van der Waals surface area contributed by atoms with Crippen LogP contribution in [0.15, 0.2) is 12.2 Å². The number of carbonyl (C=O) groups excluding carboxylic acids is 1. The van der Waals surface area contributed by atoms with Crippen molar-refractivity contribution in [2.24, 2.45) is 56.7 Å². The molecule has 6 nitrogen and oxygen atoms in total. The molecular weight excluding hydrogens is 480 g/mol. The first-order valence-electron chi connectivity index (χ1n) is 14.9. The first-order valence-corrected chi connectivity index (χ1v) is 14.9. The summed E-state index contributed by atoms with van der Waals surface area (Å²) in [5.41, 5.74) is 0.491. The van der Waals surface area contributed by atoms with Gasteiger partial charge in [-0.1, -0.05) is 46.8 Å². The van der Waals surface area contributed by atoms with E-state index in [9.17, 15) is 19.5 Å². The second-order valence-corrected chi connectivity index (χ2v) is 15.2. The Morgan fingerprint density at radius 1 is 0.789 bits per heavy atom. The molecule has 212 valence electrons. The van der Waals surface area contributed by atoms with Gasteiger partial charge in [0.15, 0.2) is 0 Å². The number of allylic oxidation sites excluding steroid dienone is 1. The maximum atomic E-state index is 12.8. The van der Waals surface area contributed by atoms with Crippen LogP contribution in [0.1, 0.15) is 106 Å². The SMILES string of the molecule is C=C(C)[C@@H]1CC[C@]2(C(=O)O)CC[C@]3(C)[C@H](CC[C@@H]4[C@@]5(C)CC[C@H](OC(=O)C(=O)O)C(C)(C)C5CC[C@]43C)[C@@H]12. The number of hydrogen-bond acceptors (Lipinski definition) is 4. The maximum absolute atomic E-state index is 12.8. The number of carboxylic acid groups (broad SMARTS) is 2. The summed E-state index contributed by atoms with van der Waals surface area (Å²) < 4.78 is 5.54. The minimum atomic E-state index is -1.52. The van der Waals surface area contributed by atoms with Gasteiger partial charge in [0.1, 0.15) is 6.10 Å². The molecular formula is C32H48O6. The molecule has 0 amide bonds. The van der Waals surface area contributed by atoms with Gasteiger partial charge in [0.25, 0.3) is 0 Å². The molecule has 5 saturated carbocycles. The largest absolute Gasteiger partial charge is 0.481 e. The van der Waals surface area contributed by atoms with E-state index in [1.54, 1.807) is 0 Å². The van der Waals surface area contributed by atoms with Crippen LogP contribution in [0.25, 0.3) is 0 Å². The highest BCUT2D eigenvalue weighted by atomic mass is 16.6. The number of carbonyl (C=O) groups is 3. The lowest BCUT2D eigenvalue weighted by atomic mass is 9.32. The Morgan fingerprint density at radius 3 is 2.08 bits per heavy atom. The number of carboxylic acids is 2. The van der Waals surface area contributed by atoms with Crippen LogP contribution in [-0.4, -0.2) is 34.2 Å². The van der Waals surface area contributed by atoms with Gasteiger partial charge in [-0.05, 0) is 117 Å². The summed E-state index contributed by atoms with van der Waals surface area (Å²) in [6, 6.07) is 0. The van der Waals surface area contributed by atoms with Gasteiger partial charge in [0.2, 0.25) is 0 Å². The molecule has 5 aliphatic carbocycles. The van der Waals surface area contributed by atoms with E-state index in [1.165, 1.54) is 0 Å². The van der Waals surface area contributed by atoms with Crippen LogP contribution in [0.2, 0.25) is 0 Å². The van der Waals surface area contributed by atoms with Crippen LogP contribution < -0.4 is 0 Å². The lowest BCUT2D eigenvalue weighted by Gasteiger charge is -2.72. The lowest BCUT2D eigenvalue weighted by Crippen LogP contribution is -2.67. The van der Waals surface area contributed by atoms with Crippen molar-refractivity contribution in [2.45, 2.75) is 112 Å². The zero-order valence-corrected chi connectivity index (χ0v) is 24.3. The van der Waals surface area contributed by atoms with Crippen LogP contribution in [0.3, 0.4) is 0 Å². The fourth-order valence-corrected chi connectivity index (χ4v) is 11.9. The topological polar surface area (TPSA) is 101 Å². The summed E-state index contributed by atoms with van der Waals surface area (Å²) in [4.78, 5) is 36.0. The van der Waals surface area contributed by atoms with Gasteiger partial charge in [0, 0.05) is 5.41 Å². The van der Waals surface area contributed by atoms with E-state index in [2.05, 4.69) is 48.1 Å². The normalized spacial score (nSPS) is 49.0. The molecule has 0 saturated heterocycles. The Labute approximate surface area is 228 Å². The fraction of sp³-hybridized carbons (Fsp3) is 0.844. The third-order valence-corrected chi connectivity index (χ3v) is 13.9. The Kier molecular flexibility index (Phi) is 6.25. The molecule has 0 radical (unpaired) electrons. The molecule has 0 aromatic carbocycles. The van der Waals surface area contributed by atoms with E-state index in [0.29, 0.717) is 30.1 Å². The third-order valence-electron chi connectivity index (χ3n) is 13.9. The minimum absolute atomic E-state index is 0.0708. The van der Waals surface area contributed by atoms with Crippen LogP contribution in [0, 0.1) is 56.7 Å². The van der Waals surface area contributed by atoms with Gasteiger partial charge in [0.05, 0.1) is 5.41 Å². The maximum Gasteiger partial charge on any atom is 0.417 e. The number of fused-ring (bicyclic) bond motifs is 7. The summed E-state index contributed by atoms with van der Waals surface area (Å²) >= 11 is 0. The Morgan fingerprint density at radius 2 is 1.47 bits per heavy atom. The van der Waals surface area contributed by atoms with Crippen molar-refractivity contribution in [1.29, 1.82) is 0 Å². The number of rotatable bonds is 3. The first-order chi connectivity index (χ1) is 17.6. The van der Waals surface area contributed by atoms with Gasteiger partial charge < -0.3 is 14.9 Å². The average molecular weight is 529 g/mol. The van der Waals surface area contributed by atoms with E-state index < -0.39 is 23.3 Å². The fourth-order valence-electron chi connectivity index (χ4n) is 11.9. The van der Waals surface area contributed by atoms with Gasteiger partial charge in [-0.25, -0.2) is 9.59 Å². The van der Waals surface area contributed by atoms with Gasteiger partial charge in [-0.15, -0.1) is 0 Å². The highest BCUT2D eigenvalue weighted by molar-refractivity contribution is 6.28. The highest BCUT2D eigenvalue weighted by Crippen LogP contribution is 2.77. The summed E-state index contributed by atoms with van der Waals surface area (Å²) in [5, 5.41) is 19.7. The summed E-state index contributed by atoms with van der Waals surface area (Å²) in [5.74, 6) is -1.56. The van der Waals surface area contributed by atoms with Crippen LogP contribution in [0.4, 0.5) is 0 Å². The molecule has 0 bridgehead atoms. The molecule has 0 aliphatic heterocycles. The molecule has 5 fully saturated rings. The van der Waals surface area contributed by atoms with Crippen molar-refractivity contribution < 1.29 is 29.3 Å². The quantitative estimate of drug-likeness (QED) is 0.239. The van der Waals surface area contributed by atoms with Crippen LogP contribution in [-0.2, 0) is 19.1 Å². The van der Waals surface area contributed by atoms with Crippen molar-refractivity contribution in [3.8, 4) is 0 Å². The van der Waals surface area contributed by atoms with E-state index in [1.807, 2.05) is 0 Å². The van der Waals surface area contributed by atoms with Gasteiger partial charge in [-0.2, -0.15) is 0 Å². The summed E-state index contributed by atoms with van der Waals surface area (Å²) in [7, 11) is 0. The molecule has 0 spiro atoms. The zero-order chi connectivity index (χ0) is 28.1. The molecule has 5 rings (SSSR count). The van der Waals surface area contributed by atoms with Crippen molar-refractivity contribution in [3.05, 3.63) is 12.2 Å². The monoisotopic (exact) mass is 528 g/mol. The van der Waals surface area contributed by atoms with Crippen molar-refractivity contribution >= 4 is 17.9 Å². The van der Waals surface area contributed by atoms with E-state index in [-0.39, 0.29) is 33.7 Å². The molecule has 0 aromatic heterocycles. The average Bonchev–Trinajstić information content (AvgIpc) is 3.22. The minimum Gasteiger partial charge on any atom is -0.481 e. The number of aliphatic carboxylic acids is 2. The molecule has 2 N–H and O–H groups in total. The van der Waals surface area contributed by atoms with E-state index >= 15 is 0 Å². The Balaban J connectivity index is 1.49. The van der Waals surface area contributed by atoms with Crippen LogP contribution >= 0.6 is 0 Å². The molecule has 1 unspecified atom stereocenters. The second kappa shape index (κ2) is 8.57. The van der Waals surface area contributed by atoms with Gasteiger partial charge in [-0.3, -0.25) is 4.79 Å². The molecule has 6 heteroatoms. The van der Waals surface area contributed by atoms with Crippen molar-refractivity contribution in [3.63, 3.8) is 0 Å². The highest BCUT2D eigenvalue weighted by Gasteiger charge is 2.72. The predicted molar refractivity (Wildman–Crippen MR) is 144 cm³/mol. The number of esters is 1. The smallest absolute Gasteiger partial charge is 0.417 e. The number of ether oxygens (including phenoxy) is 1. The molecule has 0 aromatic rings. The van der Waals surface area contributed by atoms with Crippen LogP contribution in [0.5, 0.6) is 0 Å². The summed E-state index contributed by atoms with van der Waals surface area (Å²) in [6.45, 7) is 18.2. The van der Waals surface area contributed by atoms with Crippen molar-refractivity contribution in [2.75, 3.05) is 0 Å². The van der Waals surface area contributed by atoms with Gasteiger partial charge >= 0.3 is 17.9 Å². The molecule has 0 heterocycles. The number of hydrogen-bond donors (Lipinski definition) is 2. The van der Waals surface area contributed by atoms with E-state index in [4.69, 9.17) is 9.84 Å². The first kappa shape index (κ1) is 27.7. The lowest BCUT2D eigenvalue weighted by molar-refractivity contribution is -0.250. The van der Waals surface area contributed by atoms with E-state index in [0.717, 1.165) is 63.4 Å². The third kappa shape index (κ3) is 3.39. The Hall–Kier alpha value is -1.85. The predicted octanol–water partition coefficient (Wildman–Crippen LogP) is 6.73. The second-order valence-electron chi connectivity index (χ2n) is 15.2.